The van der Waals surface area contributed by atoms with Crippen molar-refractivity contribution in [3.8, 4) is 6.07 Å². The minimum Gasteiger partial charge on any atom is -0.365 e. The van der Waals surface area contributed by atoms with Crippen molar-refractivity contribution in [1.82, 2.24) is 9.97 Å². The fourth-order valence-electron chi connectivity index (χ4n) is 1.79. The third kappa shape index (κ3) is 3.18. The first-order chi connectivity index (χ1) is 9.81. The van der Waals surface area contributed by atoms with Crippen molar-refractivity contribution < 1.29 is 13.2 Å². The van der Waals surface area contributed by atoms with Crippen molar-refractivity contribution in [3.63, 3.8) is 0 Å². The number of H-pyrrole nitrogens is 1. The van der Waals surface area contributed by atoms with E-state index in [1.807, 2.05) is 0 Å². The van der Waals surface area contributed by atoms with Gasteiger partial charge in [-0.15, -0.1) is 0 Å². The molecular formula is C12H11N5O3S. The van der Waals surface area contributed by atoms with Gasteiger partial charge in [-0.3, -0.25) is 9.52 Å². The van der Waals surface area contributed by atoms with Gasteiger partial charge < -0.3 is 10.7 Å². The predicted octanol–water partition coefficient (Wildman–Crippen LogP) is 0.327. The molecule has 21 heavy (non-hydrogen) atoms. The monoisotopic (exact) mass is 305 g/mol. The number of fused-ring (bicyclic) bond motifs is 1. The molecule has 0 atom stereocenters. The molecule has 0 aliphatic rings. The molecule has 108 valence electrons. The molecule has 2 rings (SSSR count). The Morgan fingerprint density at radius 1 is 1.57 bits per heavy atom. The van der Waals surface area contributed by atoms with Gasteiger partial charge in [0.1, 0.15) is 17.3 Å². The van der Waals surface area contributed by atoms with Gasteiger partial charge in [0.25, 0.3) is 5.91 Å². The van der Waals surface area contributed by atoms with Crippen molar-refractivity contribution in [2.24, 2.45) is 5.73 Å². The number of carbonyl (C=O) groups is 1. The van der Waals surface area contributed by atoms with Gasteiger partial charge in [-0.05, 0) is 12.1 Å². The van der Waals surface area contributed by atoms with Gasteiger partial charge in [0.15, 0.2) is 0 Å². The Balaban J connectivity index is 2.67. The first-order valence-corrected chi connectivity index (χ1v) is 7.56. The highest BCUT2D eigenvalue weighted by Gasteiger charge is 2.13. The molecule has 0 spiro atoms. The topological polar surface area (TPSA) is 142 Å². The Kier molecular flexibility index (Phi) is 3.64. The molecule has 8 nitrogen and oxygen atoms in total. The van der Waals surface area contributed by atoms with E-state index in [1.165, 1.54) is 24.5 Å². The number of anilines is 1. The number of hydrogen-bond donors (Lipinski definition) is 3. The molecule has 2 aromatic rings. The molecule has 0 unspecified atom stereocenters. The number of hydrogen-bond acceptors (Lipinski definition) is 5. The third-order valence-electron chi connectivity index (χ3n) is 2.59. The van der Waals surface area contributed by atoms with E-state index in [-0.39, 0.29) is 11.3 Å². The molecule has 1 amide bonds. The normalized spacial score (nSPS) is 12.1. The highest BCUT2D eigenvalue weighted by atomic mass is 32.2. The number of rotatable bonds is 4. The maximum Gasteiger partial charge on any atom is 0.259 e. The second kappa shape index (κ2) is 5.26. The van der Waals surface area contributed by atoms with Crippen LogP contribution in [0.25, 0.3) is 17.1 Å². The number of sulfonamides is 1. The van der Waals surface area contributed by atoms with Crippen molar-refractivity contribution in [3.05, 3.63) is 29.6 Å². The molecule has 0 radical (unpaired) electrons. The van der Waals surface area contributed by atoms with E-state index in [0.29, 0.717) is 16.6 Å². The van der Waals surface area contributed by atoms with E-state index < -0.39 is 15.9 Å². The van der Waals surface area contributed by atoms with Crippen LogP contribution in [0.3, 0.4) is 0 Å². The summed E-state index contributed by atoms with van der Waals surface area (Å²) in [5.74, 6) is -0.867. The van der Waals surface area contributed by atoms with Crippen LogP contribution in [0.5, 0.6) is 0 Å². The number of carbonyl (C=O) groups excluding carboxylic acids is 1. The average molecular weight is 305 g/mol. The highest BCUT2D eigenvalue weighted by Crippen LogP contribution is 2.27. The number of aromatic amines is 1. The lowest BCUT2D eigenvalue weighted by atomic mass is 10.1. The van der Waals surface area contributed by atoms with Gasteiger partial charge >= 0.3 is 0 Å². The van der Waals surface area contributed by atoms with Crippen LogP contribution in [0.15, 0.2) is 24.0 Å². The number of aromatic nitrogens is 2. The lowest BCUT2D eigenvalue weighted by Crippen LogP contribution is -2.12. The van der Waals surface area contributed by atoms with Crippen molar-refractivity contribution in [2.45, 2.75) is 0 Å². The zero-order valence-corrected chi connectivity index (χ0v) is 11.7. The number of nitrogens with two attached hydrogens (primary N) is 1. The summed E-state index contributed by atoms with van der Waals surface area (Å²) in [5.41, 5.74) is 5.97. The molecule has 0 aliphatic carbocycles. The van der Waals surface area contributed by atoms with Crippen LogP contribution in [0.4, 0.5) is 5.69 Å². The Hall–Kier alpha value is -2.86. The standard InChI is InChI=1S/C12H11N5O3S/c1-21(19,20)17-9-2-3-15-12-10(9)8(6-16-12)4-7(5-13)11(14)18/h2-4,6H,1H3,(H2,14,18)(H2,15,16,17). The summed E-state index contributed by atoms with van der Waals surface area (Å²) in [4.78, 5) is 18.0. The van der Waals surface area contributed by atoms with Crippen LogP contribution in [0, 0.1) is 11.3 Å². The maximum absolute atomic E-state index is 11.4. The largest absolute Gasteiger partial charge is 0.365 e. The van der Waals surface area contributed by atoms with Crippen molar-refractivity contribution in [1.29, 1.82) is 5.26 Å². The molecule has 9 heteroatoms. The van der Waals surface area contributed by atoms with Gasteiger partial charge in [-0.25, -0.2) is 13.4 Å². The number of amides is 1. The predicted molar refractivity (Wildman–Crippen MR) is 77.3 cm³/mol. The van der Waals surface area contributed by atoms with Crippen LogP contribution in [-0.4, -0.2) is 30.5 Å². The second-order valence-electron chi connectivity index (χ2n) is 4.23. The maximum atomic E-state index is 11.4. The Morgan fingerprint density at radius 2 is 2.29 bits per heavy atom. The fourth-order valence-corrected chi connectivity index (χ4v) is 2.36. The smallest absolute Gasteiger partial charge is 0.259 e. The molecule has 0 aromatic carbocycles. The minimum absolute atomic E-state index is 0.245. The lowest BCUT2D eigenvalue weighted by molar-refractivity contribution is -0.114. The molecule has 0 saturated carbocycles. The Labute approximate surface area is 120 Å². The van der Waals surface area contributed by atoms with Crippen LogP contribution in [0.2, 0.25) is 0 Å². The van der Waals surface area contributed by atoms with Crippen LogP contribution < -0.4 is 10.5 Å². The van der Waals surface area contributed by atoms with Gasteiger partial charge in [-0.1, -0.05) is 0 Å². The van der Waals surface area contributed by atoms with E-state index >= 15 is 0 Å². The van der Waals surface area contributed by atoms with Gasteiger partial charge in [0.2, 0.25) is 10.0 Å². The summed E-state index contributed by atoms with van der Waals surface area (Å²) in [6.07, 6.45) is 5.23. The number of primary amides is 1. The van der Waals surface area contributed by atoms with E-state index in [1.54, 1.807) is 6.07 Å². The van der Waals surface area contributed by atoms with E-state index in [4.69, 9.17) is 11.0 Å². The zero-order chi connectivity index (χ0) is 15.6. The molecule has 4 N–H and O–H groups in total. The number of nitrogens with one attached hydrogen (secondary N) is 2. The van der Waals surface area contributed by atoms with Gasteiger partial charge in [0, 0.05) is 18.0 Å². The summed E-state index contributed by atoms with van der Waals surface area (Å²) in [5, 5.41) is 9.31. The molecule has 0 bridgehead atoms. The van der Waals surface area contributed by atoms with Crippen LogP contribution in [-0.2, 0) is 14.8 Å². The van der Waals surface area contributed by atoms with Crippen molar-refractivity contribution in [2.75, 3.05) is 11.0 Å². The molecule has 2 aromatic heterocycles. The minimum atomic E-state index is -3.48. The number of pyridine rings is 1. The first-order valence-electron chi connectivity index (χ1n) is 5.67. The molecule has 0 fully saturated rings. The molecule has 2 heterocycles. The second-order valence-corrected chi connectivity index (χ2v) is 5.98. The molecule has 0 saturated heterocycles. The Bertz CT molecular complexity index is 889. The summed E-state index contributed by atoms with van der Waals surface area (Å²) in [7, 11) is -3.48. The summed E-state index contributed by atoms with van der Waals surface area (Å²) < 4.78 is 25.1. The Morgan fingerprint density at radius 3 is 2.86 bits per heavy atom. The van der Waals surface area contributed by atoms with Crippen LogP contribution in [0.1, 0.15) is 5.56 Å². The van der Waals surface area contributed by atoms with Crippen LogP contribution >= 0.6 is 0 Å². The fraction of sp³-hybridized carbons (Fsp3) is 0.0833. The summed E-state index contributed by atoms with van der Waals surface area (Å²) in [6, 6.07) is 3.16. The molecular weight excluding hydrogens is 294 g/mol. The number of nitrogens with zero attached hydrogens (tertiary/aromatic N) is 2. The summed E-state index contributed by atoms with van der Waals surface area (Å²) >= 11 is 0. The SMILES string of the molecule is CS(=O)(=O)Nc1ccnc2[nH]cc(C=C(C#N)C(N)=O)c12. The third-order valence-corrected chi connectivity index (χ3v) is 3.18. The van der Waals surface area contributed by atoms with E-state index in [2.05, 4.69) is 14.7 Å². The summed E-state index contributed by atoms with van der Waals surface area (Å²) in [6.45, 7) is 0. The van der Waals surface area contributed by atoms with Crippen molar-refractivity contribution >= 4 is 38.7 Å². The zero-order valence-electron chi connectivity index (χ0n) is 10.9. The average Bonchev–Trinajstić information content (AvgIpc) is 2.78. The van der Waals surface area contributed by atoms with E-state index in [9.17, 15) is 13.2 Å². The van der Waals surface area contributed by atoms with Gasteiger partial charge in [-0.2, -0.15) is 5.26 Å². The quantitative estimate of drug-likeness (QED) is 0.551. The van der Waals surface area contributed by atoms with Gasteiger partial charge in [0.05, 0.1) is 17.3 Å². The lowest BCUT2D eigenvalue weighted by Gasteiger charge is -2.05. The number of nitriles is 1. The first kappa shape index (κ1) is 14.5. The van der Waals surface area contributed by atoms with E-state index in [0.717, 1.165) is 6.26 Å². The molecule has 0 aliphatic heterocycles. The highest BCUT2D eigenvalue weighted by molar-refractivity contribution is 7.92.